The van der Waals surface area contributed by atoms with Crippen molar-refractivity contribution in [3.05, 3.63) is 53.6 Å². The number of nitrogens with zero attached hydrogens (tertiary/aromatic N) is 5. The lowest BCUT2D eigenvalue weighted by Crippen LogP contribution is -2.49. The quantitative estimate of drug-likeness (QED) is 0.727. The van der Waals surface area contributed by atoms with E-state index in [0.717, 1.165) is 36.6 Å². The van der Waals surface area contributed by atoms with Crippen molar-refractivity contribution in [2.24, 2.45) is 0 Å². The molecule has 1 aliphatic heterocycles. The second-order valence-corrected chi connectivity index (χ2v) is 7.80. The molecular formula is C21H24ClN5O2. The Morgan fingerprint density at radius 1 is 1.10 bits per heavy atom. The summed E-state index contributed by atoms with van der Waals surface area (Å²) < 4.78 is 0. The van der Waals surface area contributed by atoms with Crippen LogP contribution in [0.3, 0.4) is 0 Å². The first kappa shape index (κ1) is 19.6. The van der Waals surface area contributed by atoms with Crippen molar-refractivity contribution in [1.29, 1.82) is 0 Å². The minimum atomic E-state index is -0.142. The third-order valence-corrected chi connectivity index (χ3v) is 5.74. The van der Waals surface area contributed by atoms with Gasteiger partial charge in [0, 0.05) is 57.6 Å². The molecule has 0 unspecified atom stereocenters. The predicted octanol–water partition coefficient (Wildman–Crippen LogP) is 2.47. The van der Waals surface area contributed by atoms with E-state index in [4.69, 9.17) is 11.6 Å². The molecule has 8 heteroatoms. The lowest BCUT2D eigenvalue weighted by Gasteiger charge is -2.36. The molecule has 7 nitrogen and oxygen atoms in total. The van der Waals surface area contributed by atoms with E-state index in [1.54, 1.807) is 11.1 Å². The van der Waals surface area contributed by atoms with Crippen LogP contribution in [0.5, 0.6) is 0 Å². The topological polar surface area (TPSA) is 69.6 Å². The van der Waals surface area contributed by atoms with Gasteiger partial charge < -0.3 is 14.7 Å². The minimum absolute atomic E-state index is 0.0846. The summed E-state index contributed by atoms with van der Waals surface area (Å²) >= 11 is 6.29. The van der Waals surface area contributed by atoms with Crippen molar-refractivity contribution < 1.29 is 9.59 Å². The summed E-state index contributed by atoms with van der Waals surface area (Å²) in [4.78, 5) is 39.4. The van der Waals surface area contributed by atoms with E-state index in [-0.39, 0.29) is 17.9 Å². The summed E-state index contributed by atoms with van der Waals surface area (Å²) in [5.74, 6) is -0.0571. The first-order chi connectivity index (χ1) is 14.1. The molecule has 0 atom stereocenters. The van der Waals surface area contributed by atoms with E-state index < -0.39 is 0 Å². The number of anilines is 1. The third-order valence-electron chi connectivity index (χ3n) is 5.42. The fourth-order valence-electron chi connectivity index (χ4n) is 3.67. The van der Waals surface area contributed by atoms with Gasteiger partial charge in [-0.1, -0.05) is 23.7 Å². The summed E-state index contributed by atoms with van der Waals surface area (Å²) in [7, 11) is 0. The van der Waals surface area contributed by atoms with Crippen molar-refractivity contribution in [1.82, 2.24) is 19.8 Å². The number of carbonyl (C=O) groups excluding carboxylic acids is 2. The van der Waals surface area contributed by atoms with Gasteiger partial charge in [-0.2, -0.15) is 0 Å². The third kappa shape index (κ3) is 4.67. The second kappa shape index (κ2) is 8.78. The summed E-state index contributed by atoms with van der Waals surface area (Å²) in [6, 6.07) is 7.99. The highest BCUT2D eigenvalue weighted by Crippen LogP contribution is 2.29. The standard InChI is InChI=1S/C21H24ClN5O2/c22-17-3-1-2-4-19(17)25-11-13-26(14-12-25)20(28)7-10-27(16-5-6-16)21(29)18-15-23-8-9-24-18/h1-4,8-9,15-16H,5-7,10-14H2. The number of hydrogen-bond donors (Lipinski definition) is 0. The van der Waals surface area contributed by atoms with Crippen LogP contribution in [-0.2, 0) is 4.79 Å². The molecule has 0 radical (unpaired) electrons. The van der Waals surface area contributed by atoms with Gasteiger partial charge in [0.25, 0.3) is 5.91 Å². The Kier molecular flexibility index (Phi) is 5.94. The van der Waals surface area contributed by atoms with Gasteiger partial charge in [0.05, 0.1) is 16.9 Å². The molecule has 1 aromatic carbocycles. The highest BCUT2D eigenvalue weighted by Gasteiger charge is 2.34. The Bertz CT molecular complexity index is 866. The molecule has 1 saturated carbocycles. The van der Waals surface area contributed by atoms with E-state index >= 15 is 0 Å². The number of carbonyl (C=O) groups is 2. The zero-order chi connectivity index (χ0) is 20.2. The summed E-state index contributed by atoms with van der Waals surface area (Å²) in [5, 5.41) is 0.731. The van der Waals surface area contributed by atoms with Crippen LogP contribution in [-0.4, -0.2) is 70.3 Å². The number of halogens is 1. The number of para-hydroxylation sites is 1. The van der Waals surface area contributed by atoms with Crippen molar-refractivity contribution in [3.8, 4) is 0 Å². The molecule has 2 aromatic rings. The highest BCUT2D eigenvalue weighted by molar-refractivity contribution is 6.33. The van der Waals surface area contributed by atoms with Gasteiger partial charge in [-0.15, -0.1) is 0 Å². The molecule has 152 valence electrons. The average Bonchev–Trinajstić information content (AvgIpc) is 3.60. The Balaban J connectivity index is 1.30. The Morgan fingerprint density at radius 2 is 1.86 bits per heavy atom. The molecule has 1 aliphatic carbocycles. The van der Waals surface area contributed by atoms with Crippen molar-refractivity contribution in [2.45, 2.75) is 25.3 Å². The van der Waals surface area contributed by atoms with E-state index in [1.807, 2.05) is 29.2 Å². The van der Waals surface area contributed by atoms with Crippen LogP contribution in [0.2, 0.25) is 5.02 Å². The van der Waals surface area contributed by atoms with Gasteiger partial charge in [-0.05, 0) is 25.0 Å². The fraction of sp³-hybridized carbons (Fsp3) is 0.429. The normalized spacial score (nSPS) is 16.6. The number of piperazine rings is 1. The lowest BCUT2D eigenvalue weighted by molar-refractivity contribution is -0.131. The molecule has 0 bridgehead atoms. The van der Waals surface area contributed by atoms with Gasteiger partial charge in [0.2, 0.25) is 5.91 Å². The molecule has 0 N–H and O–H groups in total. The molecular weight excluding hydrogens is 390 g/mol. The first-order valence-electron chi connectivity index (χ1n) is 9.98. The van der Waals surface area contributed by atoms with Crippen LogP contribution in [0.25, 0.3) is 0 Å². The maximum absolute atomic E-state index is 12.7. The zero-order valence-corrected chi connectivity index (χ0v) is 17.0. The monoisotopic (exact) mass is 413 g/mol. The van der Waals surface area contributed by atoms with Crippen LogP contribution in [0.15, 0.2) is 42.9 Å². The fourth-order valence-corrected chi connectivity index (χ4v) is 3.93. The minimum Gasteiger partial charge on any atom is -0.367 e. The zero-order valence-electron chi connectivity index (χ0n) is 16.2. The molecule has 2 heterocycles. The van der Waals surface area contributed by atoms with E-state index in [2.05, 4.69) is 14.9 Å². The molecule has 1 saturated heterocycles. The van der Waals surface area contributed by atoms with Gasteiger partial charge in [-0.3, -0.25) is 14.6 Å². The number of aromatic nitrogens is 2. The predicted molar refractivity (Wildman–Crippen MR) is 111 cm³/mol. The Hall–Kier alpha value is -2.67. The molecule has 0 spiro atoms. The second-order valence-electron chi connectivity index (χ2n) is 7.39. The molecule has 2 aliphatic rings. The van der Waals surface area contributed by atoms with Crippen molar-refractivity contribution in [2.75, 3.05) is 37.6 Å². The largest absolute Gasteiger partial charge is 0.367 e. The van der Waals surface area contributed by atoms with Crippen LogP contribution < -0.4 is 4.90 Å². The molecule has 1 aromatic heterocycles. The van der Waals surface area contributed by atoms with Gasteiger partial charge in [0.15, 0.2) is 0 Å². The SMILES string of the molecule is O=C(CCN(C(=O)c1cnccn1)C1CC1)N1CCN(c2ccccc2Cl)CC1. The molecule has 2 fully saturated rings. The van der Waals surface area contributed by atoms with Gasteiger partial charge >= 0.3 is 0 Å². The maximum atomic E-state index is 12.7. The average molecular weight is 414 g/mol. The smallest absolute Gasteiger partial charge is 0.274 e. The molecule has 4 rings (SSSR count). The molecule has 29 heavy (non-hydrogen) atoms. The van der Waals surface area contributed by atoms with Crippen LogP contribution in [0, 0.1) is 0 Å². The van der Waals surface area contributed by atoms with Gasteiger partial charge in [0.1, 0.15) is 5.69 Å². The van der Waals surface area contributed by atoms with Crippen molar-refractivity contribution in [3.63, 3.8) is 0 Å². The summed E-state index contributed by atoms with van der Waals surface area (Å²) in [6.45, 7) is 3.24. The van der Waals surface area contributed by atoms with Crippen LogP contribution in [0.4, 0.5) is 5.69 Å². The van der Waals surface area contributed by atoms with E-state index in [1.165, 1.54) is 12.4 Å². The number of hydrogen-bond acceptors (Lipinski definition) is 5. The van der Waals surface area contributed by atoms with Crippen LogP contribution in [0.1, 0.15) is 29.8 Å². The van der Waals surface area contributed by atoms with E-state index in [0.29, 0.717) is 31.7 Å². The summed E-state index contributed by atoms with van der Waals surface area (Å²) in [6.07, 6.45) is 6.83. The molecule has 2 amide bonds. The number of benzene rings is 1. The summed E-state index contributed by atoms with van der Waals surface area (Å²) in [5.41, 5.74) is 1.34. The van der Waals surface area contributed by atoms with E-state index in [9.17, 15) is 9.59 Å². The number of amides is 2. The lowest BCUT2D eigenvalue weighted by atomic mass is 10.2. The maximum Gasteiger partial charge on any atom is 0.274 e. The van der Waals surface area contributed by atoms with Crippen molar-refractivity contribution >= 4 is 29.1 Å². The number of rotatable bonds is 6. The Labute approximate surface area is 175 Å². The first-order valence-corrected chi connectivity index (χ1v) is 10.4. The highest BCUT2D eigenvalue weighted by atomic mass is 35.5. The van der Waals surface area contributed by atoms with Gasteiger partial charge in [-0.25, -0.2) is 4.98 Å². The Morgan fingerprint density at radius 3 is 2.52 bits per heavy atom. The van der Waals surface area contributed by atoms with Crippen LogP contribution >= 0.6 is 11.6 Å².